The number of hydrogen-bond donors (Lipinski definition) is 1. The van der Waals surface area contributed by atoms with E-state index >= 15 is 0 Å². The van der Waals surface area contributed by atoms with E-state index in [9.17, 15) is 13.2 Å². The van der Waals surface area contributed by atoms with Gasteiger partial charge in [0.15, 0.2) is 0 Å². The zero-order valence-corrected chi connectivity index (χ0v) is 9.80. The molecule has 0 radical (unpaired) electrons. The number of nitrogens with two attached hydrogens (primary N) is 1. The molecule has 1 aromatic carbocycles. The molecule has 1 aromatic rings. The van der Waals surface area contributed by atoms with Crippen LogP contribution in [0.3, 0.4) is 0 Å². The van der Waals surface area contributed by atoms with Crippen LogP contribution in [0.5, 0.6) is 0 Å². The van der Waals surface area contributed by atoms with Crippen LogP contribution in [0.25, 0.3) is 0 Å². The van der Waals surface area contributed by atoms with Crippen LogP contribution in [0, 0.1) is 6.92 Å². The van der Waals surface area contributed by atoms with Crippen molar-refractivity contribution < 1.29 is 13.2 Å². The fourth-order valence-electron chi connectivity index (χ4n) is 1.68. The number of benzene rings is 1. The molecule has 0 aliphatic rings. The molecule has 17 heavy (non-hydrogen) atoms. The van der Waals surface area contributed by atoms with Crippen LogP contribution in [0.1, 0.15) is 11.1 Å². The summed E-state index contributed by atoms with van der Waals surface area (Å²) >= 11 is 0. The van der Waals surface area contributed by atoms with Gasteiger partial charge in [-0.2, -0.15) is 13.2 Å². The topological polar surface area (TPSA) is 29.3 Å². The van der Waals surface area contributed by atoms with E-state index in [1.54, 1.807) is 0 Å². The van der Waals surface area contributed by atoms with Crippen LogP contribution >= 0.6 is 0 Å². The molecular formula is C12H17F3N2. The van der Waals surface area contributed by atoms with Crippen LogP contribution in [0.4, 0.5) is 13.2 Å². The molecule has 96 valence electrons. The number of rotatable bonds is 5. The lowest BCUT2D eigenvalue weighted by Gasteiger charge is -2.23. The van der Waals surface area contributed by atoms with Crippen molar-refractivity contribution in [2.24, 2.45) is 5.73 Å². The Morgan fingerprint density at radius 2 is 1.88 bits per heavy atom. The quantitative estimate of drug-likeness (QED) is 0.864. The molecule has 0 spiro atoms. The highest BCUT2D eigenvalue weighted by Gasteiger charge is 2.30. The Morgan fingerprint density at radius 3 is 2.41 bits per heavy atom. The van der Waals surface area contributed by atoms with Crippen molar-refractivity contribution in [1.82, 2.24) is 4.90 Å². The van der Waals surface area contributed by atoms with E-state index in [4.69, 9.17) is 5.73 Å². The molecule has 0 amide bonds. The first kappa shape index (κ1) is 14.0. The Labute approximate surface area is 99.2 Å². The molecule has 0 aliphatic heterocycles. The summed E-state index contributed by atoms with van der Waals surface area (Å²) in [6.45, 7) is 1.72. The van der Waals surface area contributed by atoms with Gasteiger partial charge in [-0.25, -0.2) is 0 Å². The molecule has 0 aromatic heterocycles. The van der Waals surface area contributed by atoms with Gasteiger partial charge in [0.2, 0.25) is 0 Å². The number of nitrogens with zero attached hydrogens (tertiary/aromatic N) is 1. The zero-order chi connectivity index (χ0) is 12.9. The third-order valence-corrected chi connectivity index (χ3v) is 2.50. The van der Waals surface area contributed by atoms with E-state index in [1.165, 1.54) is 4.90 Å². The van der Waals surface area contributed by atoms with Crippen molar-refractivity contribution in [2.45, 2.75) is 19.6 Å². The second-order valence-electron chi connectivity index (χ2n) is 4.04. The average Bonchev–Trinajstić information content (AvgIpc) is 2.19. The van der Waals surface area contributed by atoms with Gasteiger partial charge < -0.3 is 5.73 Å². The summed E-state index contributed by atoms with van der Waals surface area (Å²) in [5, 5.41) is 0. The average molecular weight is 246 g/mol. The van der Waals surface area contributed by atoms with Gasteiger partial charge >= 0.3 is 6.18 Å². The maximum atomic E-state index is 12.3. The molecule has 2 N–H and O–H groups in total. The van der Waals surface area contributed by atoms with E-state index in [1.807, 2.05) is 31.2 Å². The van der Waals surface area contributed by atoms with Crippen molar-refractivity contribution in [3.8, 4) is 0 Å². The first-order valence-corrected chi connectivity index (χ1v) is 5.46. The Balaban J connectivity index is 2.70. The Kier molecular flexibility index (Phi) is 4.96. The summed E-state index contributed by atoms with van der Waals surface area (Å²) < 4.78 is 37.0. The summed E-state index contributed by atoms with van der Waals surface area (Å²) in [6, 6.07) is 7.44. The lowest BCUT2D eigenvalue weighted by atomic mass is 10.1. The highest BCUT2D eigenvalue weighted by molar-refractivity contribution is 5.25. The van der Waals surface area contributed by atoms with Gasteiger partial charge in [-0.05, 0) is 18.1 Å². The molecule has 0 unspecified atom stereocenters. The fraction of sp³-hybridized carbons (Fsp3) is 0.500. The van der Waals surface area contributed by atoms with Crippen LogP contribution in [-0.2, 0) is 6.54 Å². The summed E-state index contributed by atoms with van der Waals surface area (Å²) in [4.78, 5) is 1.32. The minimum Gasteiger partial charge on any atom is -0.329 e. The predicted molar refractivity (Wildman–Crippen MR) is 61.6 cm³/mol. The van der Waals surface area contributed by atoms with Crippen LogP contribution in [0.2, 0.25) is 0 Å². The SMILES string of the molecule is Cc1ccccc1CN(CCN)CC(F)(F)F. The largest absolute Gasteiger partial charge is 0.401 e. The van der Waals surface area contributed by atoms with E-state index in [0.717, 1.165) is 11.1 Å². The van der Waals surface area contributed by atoms with Gasteiger partial charge in [0.25, 0.3) is 0 Å². The van der Waals surface area contributed by atoms with Crippen LogP contribution in [-0.4, -0.2) is 30.7 Å². The minimum absolute atomic E-state index is 0.224. The summed E-state index contributed by atoms with van der Waals surface area (Å²) in [5.74, 6) is 0. The third-order valence-electron chi connectivity index (χ3n) is 2.50. The monoisotopic (exact) mass is 246 g/mol. The number of hydrogen-bond acceptors (Lipinski definition) is 2. The molecular weight excluding hydrogens is 229 g/mol. The second-order valence-corrected chi connectivity index (χ2v) is 4.04. The summed E-state index contributed by atoms with van der Waals surface area (Å²) in [6.07, 6.45) is -4.18. The van der Waals surface area contributed by atoms with Gasteiger partial charge in [-0.1, -0.05) is 24.3 Å². The van der Waals surface area contributed by atoms with Crippen molar-refractivity contribution in [3.05, 3.63) is 35.4 Å². The highest BCUT2D eigenvalue weighted by Crippen LogP contribution is 2.18. The minimum atomic E-state index is -4.18. The van der Waals surface area contributed by atoms with Crippen LogP contribution in [0.15, 0.2) is 24.3 Å². The molecule has 5 heteroatoms. The zero-order valence-electron chi connectivity index (χ0n) is 9.80. The summed E-state index contributed by atoms with van der Waals surface area (Å²) in [5.41, 5.74) is 7.24. The molecule has 0 saturated carbocycles. The molecule has 0 bridgehead atoms. The molecule has 0 atom stereocenters. The fourth-order valence-corrected chi connectivity index (χ4v) is 1.68. The van der Waals surface area contributed by atoms with E-state index in [0.29, 0.717) is 0 Å². The molecule has 2 nitrogen and oxygen atoms in total. The van der Waals surface area contributed by atoms with E-state index in [2.05, 4.69) is 0 Å². The third kappa shape index (κ3) is 5.19. The highest BCUT2D eigenvalue weighted by atomic mass is 19.4. The number of alkyl halides is 3. The summed E-state index contributed by atoms with van der Waals surface area (Å²) in [7, 11) is 0. The number of halogens is 3. The first-order valence-electron chi connectivity index (χ1n) is 5.46. The van der Waals surface area contributed by atoms with Crippen LogP contribution < -0.4 is 5.73 Å². The molecule has 1 rings (SSSR count). The standard InChI is InChI=1S/C12H17F3N2/c1-10-4-2-3-5-11(10)8-17(7-6-16)9-12(13,14)15/h2-5H,6-9,16H2,1H3. The maximum absolute atomic E-state index is 12.3. The van der Waals surface area contributed by atoms with Crippen molar-refractivity contribution in [2.75, 3.05) is 19.6 Å². The van der Waals surface area contributed by atoms with Crippen molar-refractivity contribution >= 4 is 0 Å². The van der Waals surface area contributed by atoms with E-state index in [-0.39, 0.29) is 19.6 Å². The molecule has 0 heterocycles. The molecule has 0 fully saturated rings. The number of aryl methyl sites for hydroxylation is 1. The molecule has 0 saturated heterocycles. The first-order chi connectivity index (χ1) is 7.92. The maximum Gasteiger partial charge on any atom is 0.401 e. The Hall–Kier alpha value is -1.07. The van der Waals surface area contributed by atoms with E-state index < -0.39 is 12.7 Å². The van der Waals surface area contributed by atoms with Gasteiger partial charge in [-0.15, -0.1) is 0 Å². The smallest absolute Gasteiger partial charge is 0.329 e. The van der Waals surface area contributed by atoms with Gasteiger partial charge in [0.05, 0.1) is 6.54 Å². The van der Waals surface area contributed by atoms with Gasteiger partial charge in [0, 0.05) is 19.6 Å². The predicted octanol–water partition coefficient (Wildman–Crippen LogP) is 2.32. The van der Waals surface area contributed by atoms with Gasteiger partial charge in [0.1, 0.15) is 0 Å². The Morgan fingerprint density at radius 1 is 1.24 bits per heavy atom. The van der Waals surface area contributed by atoms with Crippen molar-refractivity contribution in [3.63, 3.8) is 0 Å². The molecule has 0 aliphatic carbocycles. The normalized spacial score (nSPS) is 12.1. The van der Waals surface area contributed by atoms with Crippen molar-refractivity contribution in [1.29, 1.82) is 0 Å². The Bertz CT molecular complexity index is 350. The lowest BCUT2D eigenvalue weighted by molar-refractivity contribution is -0.146. The van der Waals surface area contributed by atoms with Gasteiger partial charge in [-0.3, -0.25) is 4.90 Å². The second kappa shape index (κ2) is 6.02. The lowest BCUT2D eigenvalue weighted by Crippen LogP contribution is -2.37.